The molecule has 112 valence electrons. The van der Waals surface area contributed by atoms with Gasteiger partial charge in [0.25, 0.3) is 0 Å². The zero-order valence-corrected chi connectivity index (χ0v) is 12.6. The van der Waals surface area contributed by atoms with Crippen LogP contribution in [0, 0.1) is 6.92 Å². The third-order valence-electron chi connectivity index (χ3n) is 4.48. The van der Waals surface area contributed by atoms with E-state index in [4.69, 9.17) is 0 Å². The first-order chi connectivity index (χ1) is 10.3. The number of benzene rings is 1. The molecular formula is C17H23N3O. The van der Waals surface area contributed by atoms with Crippen LogP contribution in [0.4, 0.5) is 5.82 Å². The molecule has 2 aromatic rings. The molecule has 0 bridgehead atoms. The zero-order valence-electron chi connectivity index (χ0n) is 12.6. The summed E-state index contributed by atoms with van der Waals surface area (Å²) in [4.78, 5) is 2.27. The summed E-state index contributed by atoms with van der Waals surface area (Å²) in [5.41, 5.74) is 0.960. The lowest BCUT2D eigenvalue weighted by atomic mass is 9.94. The molecule has 4 nitrogen and oxygen atoms in total. The highest BCUT2D eigenvalue weighted by Crippen LogP contribution is 2.31. The van der Waals surface area contributed by atoms with Gasteiger partial charge in [-0.25, -0.2) is 0 Å². The number of aliphatic hydroxyl groups is 1. The molecule has 1 fully saturated rings. The highest BCUT2D eigenvalue weighted by atomic mass is 16.3. The van der Waals surface area contributed by atoms with Crippen LogP contribution in [0.5, 0.6) is 0 Å². The van der Waals surface area contributed by atoms with Gasteiger partial charge in [0, 0.05) is 23.4 Å². The average Bonchev–Trinajstić information content (AvgIpc) is 2.55. The second-order valence-electron chi connectivity index (χ2n) is 5.86. The van der Waals surface area contributed by atoms with E-state index in [1.54, 1.807) is 0 Å². The second kappa shape index (κ2) is 6.39. The van der Waals surface area contributed by atoms with Gasteiger partial charge in [0.1, 0.15) is 0 Å². The van der Waals surface area contributed by atoms with Gasteiger partial charge in [0.2, 0.25) is 0 Å². The third kappa shape index (κ3) is 2.86. The fourth-order valence-corrected chi connectivity index (χ4v) is 3.40. The summed E-state index contributed by atoms with van der Waals surface area (Å²) in [6, 6.07) is 8.77. The Morgan fingerprint density at radius 2 is 1.81 bits per heavy atom. The lowest BCUT2D eigenvalue weighted by molar-refractivity contribution is 0.289. The van der Waals surface area contributed by atoms with Crippen molar-refractivity contribution in [3.63, 3.8) is 0 Å². The minimum absolute atomic E-state index is 0.153. The maximum atomic E-state index is 9.47. The van der Waals surface area contributed by atoms with Gasteiger partial charge in [-0.1, -0.05) is 43.5 Å². The highest BCUT2D eigenvalue weighted by molar-refractivity contribution is 5.93. The zero-order chi connectivity index (χ0) is 14.7. The van der Waals surface area contributed by atoms with E-state index in [-0.39, 0.29) is 6.61 Å². The maximum Gasteiger partial charge on any atom is 0.159 e. The van der Waals surface area contributed by atoms with Gasteiger partial charge in [0.05, 0.1) is 12.3 Å². The lowest BCUT2D eigenvalue weighted by Gasteiger charge is -2.35. The minimum Gasteiger partial charge on any atom is -0.395 e. The molecule has 1 saturated carbocycles. The Hall–Kier alpha value is -1.68. The quantitative estimate of drug-likeness (QED) is 0.938. The van der Waals surface area contributed by atoms with E-state index in [1.165, 1.54) is 32.1 Å². The van der Waals surface area contributed by atoms with Crippen LogP contribution in [-0.4, -0.2) is 34.5 Å². The number of anilines is 1. The lowest BCUT2D eigenvalue weighted by Crippen LogP contribution is -2.39. The van der Waals surface area contributed by atoms with Crippen molar-refractivity contribution in [1.82, 2.24) is 10.2 Å². The number of nitrogens with zero attached hydrogens (tertiary/aromatic N) is 3. The molecule has 4 heteroatoms. The van der Waals surface area contributed by atoms with Crippen molar-refractivity contribution in [2.24, 2.45) is 0 Å². The summed E-state index contributed by atoms with van der Waals surface area (Å²) in [7, 11) is 0. The van der Waals surface area contributed by atoms with E-state index in [9.17, 15) is 5.11 Å². The van der Waals surface area contributed by atoms with Crippen LogP contribution in [0.25, 0.3) is 10.8 Å². The van der Waals surface area contributed by atoms with Crippen LogP contribution in [-0.2, 0) is 0 Å². The molecule has 1 aromatic heterocycles. The van der Waals surface area contributed by atoms with Crippen LogP contribution < -0.4 is 4.90 Å². The van der Waals surface area contributed by atoms with Crippen molar-refractivity contribution in [2.75, 3.05) is 18.1 Å². The minimum atomic E-state index is 0.153. The third-order valence-corrected chi connectivity index (χ3v) is 4.48. The molecule has 0 aliphatic heterocycles. The smallest absolute Gasteiger partial charge is 0.159 e. The molecule has 1 N–H and O–H groups in total. The van der Waals surface area contributed by atoms with Gasteiger partial charge in [-0.3, -0.25) is 0 Å². The van der Waals surface area contributed by atoms with Gasteiger partial charge >= 0.3 is 0 Å². The molecular weight excluding hydrogens is 262 g/mol. The van der Waals surface area contributed by atoms with Crippen molar-refractivity contribution < 1.29 is 5.11 Å². The predicted octanol–water partition coefficient (Wildman–Crippen LogP) is 3.07. The summed E-state index contributed by atoms with van der Waals surface area (Å²) in [6.07, 6.45) is 6.23. The Morgan fingerprint density at radius 1 is 1.10 bits per heavy atom. The predicted molar refractivity (Wildman–Crippen MR) is 85.6 cm³/mol. The molecule has 1 heterocycles. The fourth-order valence-electron chi connectivity index (χ4n) is 3.40. The van der Waals surface area contributed by atoms with Gasteiger partial charge in [-0.05, 0) is 19.8 Å². The number of aryl methyl sites for hydroxylation is 1. The van der Waals surface area contributed by atoms with E-state index in [0.29, 0.717) is 12.6 Å². The summed E-state index contributed by atoms with van der Waals surface area (Å²) in [6.45, 7) is 2.78. The van der Waals surface area contributed by atoms with Crippen LogP contribution in [0.15, 0.2) is 24.3 Å². The van der Waals surface area contributed by atoms with Crippen LogP contribution in [0.1, 0.15) is 37.8 Å². The Kier molecular flexibility index (Phi) is 4.34. The molecule has 0 radical (unpaired) electrons. The van der Waals surface area contributed by atoms with E-state index in [2.05, 4.69) is 27.2 Å². The molecule has 0 spiro atoms. The number of hydrogen-bond acceptors (Lipinski definition) is 4. The van der Waals surface area contributed by atoms with Crippen molar-refractivity contribution in [3.8, 4) is 0 Å². The maximum absolute atomic E-state index is 9.47. The van der Waals surface area contributed by atoms with E-state index >= 15 is 0 Å². The second-order valence-corrected chi connectivity index (χ2v) is 5.86. The van der Waals surface area contributed by atoms with Crippen LogP contribution >= 0.6 is 0 Å². The first-order valence-corrected chi connectivity index (χ1v) is 7.91. The molecule has 0 amide bonds. The average molecular weight is 285 g/mol. The number of rotatable bonds is 4. The van der Waals surface area contributed by atoms with E-state index in [1.807, 2.05) is 19.1 Å². The number of aliphatic hydroxyl groups excluding tert-OH is 1. The normalized spacial score (nSPS) is 16.3. The van der Waals surface area contributed by atoms with E-state index in [0.717, 1.165) is 22.3 Å². The molecule has 21 heavy (non-hydrogen) atoms. The monoisotopic (exact) mass is 285 g/mol. The van der Waals surface area contributed by atoms with Crippen LogP contribution in [0.2, 0.25) is 0 Å². The fraction of sp³-hybridized carbons (Fsp3) is 0.529. The number of aromatic nitrogens is 2. The molecule has 3 rings (SSSR count). The summed E-state index contributed by atoms with van der Waals surface area (Å²) in [5.74, 6) is 0.928. The number of fused-ring (bicyclic) bond motifs is 1. The largest absolute Gasteiger partial charge is 0.395 e. The Labute approximate surface area is 125 Å². The van der Waals surface area contributed by atoms with Gasteiger partial charge in [-0.15, -0.1) is 5.10 Å². The highest BCUT2D eigenvalue weighted by Gasteiger charge is 2.24. The topological polar surface area (TPSA) is 49.2 Å². The summed E-state index contributed by atoms with van der Waals surface area (Å²) >= 11 is 0. The molecule has 1 aromatic carbocycles. The first kappa shape index (κ1) is 14.3. The SMILES string of the molecule is Cc1nnc(N(CCO)C2CCCCC2)c2ccccc12. The Morgan fingerprint density at radius 3 is 2.52 bits per heavy atom. The van der Waals surface area contributed by atoms with Gasteiger partial charge < -0.3 is 10.0 Å². The van der Waals surface area contributed by atoms with Crippen molar-refractivity contribution in [3.05, 3.63) is 30.0 Å². The molecule has 1 aliphatic carbocycles. The van der Waals surface area contributed by atoms with Gasteiger partial charge in [0.15, 0.2) is 5.82 Å². The molecule has 0 saturated heterocycles. The van der Waals surface area contributed by atoms with Gasteiger partial charge in [-0.2, -0.15) is 5.10 Å². The van der Waals surface area contributed by atoms with Crippen LogP contribution in [0.3, 0.4) is 0 Å². The molecule has 0 unspecified atom stereocenters. The van der Waals surface area contributed by atoms with E-state index < -0.39 is 0 Å². The molecule has 1 aliphatic rings. The summed E-state index contributed by atoms with van der Waals surface area (Å²) in [5, 5.41) is 20.6. The van der Waals surface area contributed by atoms with Crippen molar-refractivity contribution in [2.45, 2.75) is 45.1 Å². The number of hydrogen-bond donors (Lipinski definition) is 1. The Bertz CT molecular complexity index is 608. The van der Waals surface area contributed by atoms with Crippen molar-refractivity contribution >= 4 is 16.6 Å². The summed E-state index contributed by atoms with van der Waals surface area (Å²) < 4.78 is 0. The Balaban J connectivity index is 2.04. The van der Waals surface area contributed by atoms with Crippen molar-refractivity contribution in [1.29, 1.82) is 0 Å². The first-order valence-electron chi connectivity index (χ1n) is 7.91. The standard InChI is InChI=1S/C17H23N3O/c1-13-15-9-5-6-10-16(15)17(19-18-13)20(11-12-21)14-7-3-2-4-8-14/h5-6,9-10,14,21H,2-4,7-8,11-12H2,1H3. The molecule has 0 atom stereocenters.